The molecule has 1 heterocycles. The molecule has 7 nitrogen and oxygen atoms in total. The molecule has 3 rings (SSSR count). The highest BCUT2D eigenvalue weighted by atomic mass is 19.1. The smallest absolute Gasteiger partial charge is 0.411 e. The maximum absolute atomic E-state index is 13.3. The van der Waals surface area contributed by atoms with Crippen molar-refractivity contribution in [2.45, 2.75) is 39.5 Å². The molecular weight excluding hydrogens is 401 g/mol. The molecule has 2 unspecified atom stereocenters. The number of amides is 3. The molecule has 3 amide bonds. The Balaban J connectivity index is 1.91. The van der Waals surface area contributed by atoms with Crippen LogP contribution in [0.5, 0.6) is 0 Å². The monoisotopic (exact) mass is 427 g/mol. The van der Waals surface area contributed by atoms with Crippen molar-refractivity contribution in [1.29, 1.82) is 0 Å². The molecule has 0 spiro atoms. The average molecular weight is 427 g/mol. The summed E-state index contributed by atoms with van der Waals surface area (Å²) in [5.41, 5.74) is 1.80. The molecule has 164 valence electrons. The first-order valence-corrected chi connectivity index (χ1v) is 10.1. The van der Waals surface area contributed by atoms with E-state index in [0.29, 0.717) is 23.4 Å². The first-order chi connectivity index (χ1) is 14.7. The van der Waals surface area contributed by atoms with Crippen molar-refractivity contribution in [2.75, 3.05) is 11.9 Å². The van der Waals surface area contributed by atoms with Gasteiger partial charge in [-0.3, -0.25) is 14.5 Å². The maximum Gasteiger partial charge on any atom is 0.411 e. The van der Waals surface area contributed by atoms with E-state index in [1.165, 1.54) is 24.0 Å². The molecule has 1 aliphatic heterocycles. The Kier molecular flexibility index (Phi) is 6.89. The third-order valence-electron chi connectivity index (χ3n) is 4.84. The number of ether oxygens (including phenoxy) is 1. The first kappa shape index (κ1) is 22.3. The summed E-state index contributed by atoms with van der Waals surface area (Å²) < 4.78 is 18.9. The minimum atomic E-state index is -0.913. The fourth-order valence-electron chi connectivity index (χ4n) is 3.40. The van der Waals surface area contributed by atoms with Crippen LogP contribution in [-0.2, 0) is 20.9 Å². The fourth-order valence-corrected chi connectivity index (χ4v) is 3.40. The fraction of sp³-hybridized carbons (Fsp3) is 0.348. The SMILES string of the molecule is CC(=O)Nc1cccc(C2OC(=O)N(Cc3ccc(F)cc3)C2C(=O)NCC(C)C)c1. The van der Waals surface area contributed by atoms with Gasteiger partial charge in [0.15, 0.2) is 12.1 Å². The number of carbonyl (C=O) groups is 3. The van der Waals surface area contributed by atoms with Gasteiger partial charge in [-0.25, -0.2) is 9.18 Å². The number of cyclic esters (lactones) is 1. The van der Waals surface area contributed by atoms with Gasteiger partial charge in [-0.05, 0) is 41.3 Å². The van der Waals surface area contributed by atoms with E-state index < -0.39 is 18.2 Å². The third kappa shape index (κ3) is 5.59. The summed E-state index contributed by atoms with van der Waals surface area (Å²) in [4.78, 5) is 38.6. The third-order valence-corrected chi connectivity index (χ3v) is 4.84. The molecule has 8 heteroatoms. The van der Waals surface area contributed by atoms with E-state index >= 15 is 0 Å². The second kappa shape index (κ2) is 9.59. The van der Waals surface area contributed by atoms with Gasteiger partial charge in [-0.15, -0.1) is 0 Å². The highest BCUT2D eigenvalue weighted by Crippen LogP contribution is 2.35. The quantitative estimate of drug-likeness (QED) is 0.707. The van der Waals surface area contributed by atoms with E-state index in [0.717, 1.165) is 0 Å². The minimum Gasteiger partial charge on any atom is -0.438 e. The summed E-state index contributed by atoms with van der Waals surface area (Å²) in [6, 6.07) is 11.7. The molecule has 1 aliphatic rings. The number of benzene rings is 2. The normalized spacial score (nSPS) is 18.1. The van der Waals surface area contributed by atoms with Crippen LogP contribution in [0.2, 0.25) is 0 Å². The molecule has 0 saturated carbocycles. The van der Waals surface area contributed by atoms with Gasteiger partial charge in [0.05, 0.1) is 6.54 Å². The Morgan fingerprint density at radius 1 is 1.16 bits per heavy atom. The van der Waals surface area contributed by atoms with Crippen molar-refractivity contribution in [3.8, 4) is 0 Å². The van der Waals surface area contributed by atoms with Crippen molar-refractivity contribution in [2.24, 2.45) is 5.92 Å². The van der Waals surface area contributed by atoms with Gasteiger partial charge < -0.3 is 15.4 Å². The van der Waals surface area contributed by atoms with Gasteiger partial charge in [-0.1, -0.05) is 38.1 Å². The highest BCUT2D eigenvalue weighted by molar-refractivity contribution is 5.90. The average Bonchev–Trinajstić information content (AvgIpc) is 3.04. The first-order valence-electron chi connectivity index (χ1n) is 10.1. The molecule has 0 aromatic heterocycles. The second-order valence-electron chi connectivity index (χ2n) is 7.95. The van der Waals surface area contributed by atoms with Crippen LogP contribution < -0.4 is 10.6 Å². The van der Waals surface area contributed by atoms with Crippen LogP contribution in [0.1, 0.15) is 38.0 Å². The van der Waals surface area contributed by atoms with Gasteiger partial charge in [0.25, 0.3) is 0 Å². The molecular formula is C23H26FN3O4. The molecule has 0 bridgehead atoms. The Labute approximate surface area is 180 Å². The molecule has 2 aromatic carbocycles. The lowest BCUT2D eigenvalue weighted by molar-refractivity contribution is -0.126. The summed E-state index contributed by atoms with van der Waals surface area (Å²) in [5, 5.41) is 5.56. The van der Waals surface area contributed by atoms with E-state index in [4.69, 9.17) is 4.74 Å². The molecule has 1 saturated heterocycles. The van der Waals surface area contributed by atoms with Crippen LogP contribution in [0.3, 0.4) is 0 Å². The predicted octanol–water partition coefficient (Wildman–Crippen LogP) is 3.62. The topological polar surface area (TPSA) is 87.7 Å². The van der Waals surface area contributed by atoms with Gasteiger partial charge in [-0.2, -0.15) is 0 Å². The Morgan fingerprint density at radius 3 is 2.52 bits per heavy atom. The van der Waals surface area contributed by atoms with Crippen molar-refractivity contribution in [3.63, 3.8) is 0 Å². The zero-order valence-corrected chi connectivity index (χ0v) is 17.7. The van der Waals surface area contributed by atoms with Crippen LogP contribution in [0.25, 0.3) is 0 Å². The van der Waals surface area contributed by atoms with E-state index in [1.54, 1.807) is 36.4 Å². The van der Waals surface area contributed by atoms with Crippen molar-refractivity contribution >= 4 is 23.6 Å². The van der Waals surface area contributed by atoms with Gasteiger partial charge in [0.1, 0.15) is 5.82 Å². The summed E-state index contributed by atoms with van der Waals surface area (Å²) in [6.07, 6.45) is -1.49. The van der Waals surface area contributed by atoms with E-state index in [1.807, 2.05) is 13.8 Å². The largest absolute Gasteiger partial charge is 0.438 e. The molecule has 2 aromatic rings. The molecule has 2 atom stereocenters. The molecule has 1 fully saturated rings. The lowest BCUT2D eigenvalue weighted by Gasteiger charge is -2.25. The molecule has 2 N–H and O–H groups in total. The van der Waals surface area contributed by atoms with Crippen molar-refractivity contribution < 1.29 is 23.5 Å². The van der Waals surface area contributed by atoms with Crippen LogP contribution in [0.4, 0.5) is 14.9 Å². The number of hydrogen-bond donors (Lipinski definition) is 2. The predicted molar refractivity (Wildman–Crippen MR) is 114 cm³/mol. The molecule has 31 heavy (non-hydrogen) atoms. The highest BCUT2D eigenvalue weighted by Gasteiger charge is 2.47. The zero-order valence-electron chi connectivity index (χ0n) is 17.7. The summed E-state index contributed by atoms with van der Waals surface area (Å²) in [7, 11) is 0. The van der Waals surface area contributed by atoms with Crippen molar-refractivity contribution in [3.05, 3.63) is 65.5 Å². The number of carbonyl (C=O) groups excluding carboxylic acids is 3. The zero-order chi connectivity index (χ0) is 22.5. The molecule has 0 radical (unpaired) electrons. The standard InChI is InChI=1S/C23H26FN3O4/c1-14(2)12-25-22(29)20-21(17-5-4-6-19(11-17)26-15(3)28)31-23(30)27(20)13-16-7-9-18(24)10-8-16/h4-11,14,20-21H,12-13H2,1-3H3,(H,25,29)(H,26,28). The van der Waals surface area contributed by atoms with Crippen LogP contribution >= 0.6 is 0 Å². The second-order valence-corrected chi connectivity index (χ2v) is 7.95. The number of rotatable bonds is 7. The number of nitrogens with one attached hydrogen (secondary N) is 2. The number of hydrogen-bond acceptors (Lipinski definition) is 4. The van der Waals surface area contributed by atoms with Crippen molar-refractivity contribution in [1.82, 2.24) is 10.2 Å². The van der Waals surface area contributed by atoms with Gasteiger partial charge in [0, 0.05) is 19.2 Å². The molecule has 0 aliphatic carbocycles. The van der Waals surface area contributed by atoms with E-state index in [-0.39, 0.29) is 30.1 Å². The summed E-state index contributed by atoms with van der Waals surface area (Å²) in [5.74, 6) is -0.720. The van der Waals surface area contributed by atoms with E-state index in [2.05, 4.69) is 10.6 Å². The summed E-state index contributed by atoms with van der Waals surface area (Å²) >= 11 is 0. The number of halogens is 1. The maximum atomic E-state index is 13.3. The Bertz CT molecular complexity index is 962. The number of anilines is 1. The number of nitrogens with zero attached hydrogens (tertiary/aromatic N) is 1. The van der Waals surface area contributed by atoms with Crippen LogP contribution in [-0.4, -0.2) is 35.4 Å². The lowest BCUT2D eigenvalue weighted by Crippen LogP contribution is -2.47. The Hall–Kier alpha value is -3.42. The summed E-state index contributed by atoms with van der Waals surface area (Å²) in [6.45, 7) is 5.89. The minimum absolute atomic E-state index is 0.0980. The lowest BCUT2D eigenvalue weighted by atomic mass is 10.00. The van der Waals surface area contributed by atoms with Crippen LogP contribution in [0.15, 0.2) is 48.5 Å². The van der Waals surface area contributed by atoms with Gasteiger partial charge >= 0.3 is 6.09 Å². The van der Waals surface area contributed by atoms with E-state index in [9.17, 15) is 18.8 Å². The Morgan fingerprint density at radius 2 is 1.87 bits per heavy atom. The van der Waals surface area contributed by atoms with Crippen LogP contribution in [0, 0.1) is 11.7 Å². The van der Waals surface area contributed by atoms with Gasteiger partial charge in [0.2, 0.25) is 11.8 Å².